The van der Waals surface area contributed by atoms with E-state index in [0.717, 1.165) is 39.0 Å². The third kappa shape index (κ3) is 2.81. The second-order valence-electron chi connectivity index (χ2n) is 5.75. The molecule has 2 atom stereocenters. The Morgan fingerprint density at radius 1 is 1.39 bits per heavy atom. The van der Waals surface area contributed by atoms with Crippen LogP contribution in [0.15, 0.2) is 0 Å². The lowest BCUT2D eigenvalue weighted by Gasteiger charge is -2.23. The first-order chi connectivity index (χ1) is 8.30. The number of rotatable bonds is 3. The first-order valence-corrected chi connectivity index (χ1v) is 6.90. The lowest BCUT2D eigenvalue weighted by Crippen LogP contribution is -2.36. The summed E-state index contributed by atoms with van der Waals surface area (Å²) in [4.78, 5) is 12.0. The van der Waals surface area contributed by atoms with Crippen LogP contribution in [0.5, 0.6) is 0 Å². The number of halogens is 1. The Morgan fingerprint density at radius 2 is 2.17 bits per heavy atom. The van der Waals surface area contributed by atoms with Crippen molar-refractivity contribution in [1.29, 1.82) is 0 Å². The number of piperidine rings is 1. The third-order valence-corrected chi connectivity index (χ3v) is 4.63. The lowest BCUT2D eigenvalue weighted by atomic mass is 9.92. The van der Waals surface area contributed by atoms with Gasteiger partial charge in [-0.1, -0.05) is 0 Å². The van der Waals surface area contributed by atoms with Crippen molar-refractivity contribution in [2.24, 2.45) is 11.3 Å². The van der Waals surface area contributed by atoms with Crippen molar-refractivity contribution in [3.63, 3.8) is 0 Å². The molecular formula is C13H23ClN2O2. The first-order valence-electron chi connectivity index (χ1n) is 6.90. The van der Waals surface area contributed by atoms with Gasteiger partial charge < -0.3 is 15.4 Å². The van der Waals surface area contributed by atoms with E-state index in [1.165, 1.54) is 12.8 Å². The van der Waals surface area contributed by atoms with Gasteiger partial charge in [-0.15, -0.1) is 12.4 Å². The average Bonchev–Trinajstić information content (AvgIpc) is 2.82. The Bertz CT molecular complexity index is 299. The monoisotopic (exact) mass is 274 g/mol. The highest BCUT2D eigenvalue weighted by molar-refractivity contribution is 5.85. The summed E-state index contributed by atoms with van der Waals surface area (Å²) in [6, 6.07) is 0. The van der Waals surface area contributed by atoms with Crippen LogP contribution in [0.1, 0.15) is 32.1 Å². The summed E-state index contributed by atoms with van der Waals surface area (Å²) in [5, 5.41) is 6.44. The van der Waals surface area contributed by atoms with Crippen molar-refractivity contribution < 1.29 is 9.53 Å². The minimum Gasteiger partial charge on any atom is -0.376 e. The second-order valence-corrected chi connectivity index (χ2v) is 5.75. The Morgan fingerprint density at radius 3 is 2.83 bits per heavy atom. The Kier molecular flexibility index (Phi) is 4.51. The SMILES string of the molecule is Cl.O=C(NCC1CCCO1)C1CC12CCNCC2. The molecule has 4 nitrogen and oxygen atoms in total. The maximum absolute atomic E-state index is 12.0. The molecule has 2 N–H and O–H groups in total. The van der Waals surface area contributed by atoms with Crippen LogP contribution < -0.4 is 10.6 Å². The molecule has 1 amide bonds. The number of carbonyl (C=O) groups is 1. The molecule has 0 aromatic rings. The highest BCUT2D eigenvalue weighted by atomic mass is 35.5. The molecule has 2 aliphatic heterocycles. The predicted molar refractivity (Wildman–Crippen MR) is 71.9 cm³/mol. The fourth-order valence-corrected chi connectivity index (χ4v) is 3.34. The quantitative estimate of drug-likeness (QED) is 0.810. The van der Waals surface area contributed by atoms with E-state index in [9.17, 15) is 4.79 Å². The van der Waals surface area contributed by atoms with E-state index in [2.05, 4.69) is 10.6 Å². The minimum absolute atomic E-state index is 0. The zero-order valence-corrected chi connectivity index (χ0v) is 11.6. The summed E-state index contributed by atoms with van der Waals surface area (Å²) in [5.74, 6) is 0.549. The van der Waals surface area contributed by atoms with Gasteiger partial charge in [0.1, 0.15) is 0 Å². The van der Waals surface area contributed by atoms with Crippen LogP contribution in [0.2, 0.25) is 0 Å². The van der Waals surface area contributed by atoms with Crippen molar-refractivity contribution in [3.05, 3.63) is 0 Å². The van der Waals surface area contributed by atoms with E-state index in [4.69, 9.17) is 4.74 Å². The number of nitrogens with one attached hydrogen (secondary N) is 2. The Labute approximate surface area is 115 Å². The highest BCUT2D eigenvalue weighted by Gasteiger charge is 2.57. The van der Waals surface area contributed by atoms with Crippen molar-refractivity contribution in [1.82, 2.24) is 10.6 Å². The predicted octanol–water partition coefficient (Wildman–Crippen LogP) is 1.09. The van der Waals surface area contributed by atoms with Gasteiger partial charge in [-0.3, -0.25) is 4.79 Å². The molecule has 1 saturated carbocycles. The number of carbonyl (C=O) groups excluding carboxylic acids is 1. The molecule has 2 heterocycles. The zero-order valence-electron chi connectivity index (χ0n) is 10.7. The normalized spacial score (nSPS) is 32.9. The van der Waals surface area contributed by atoms with Gasteiger partial charge in [-0.05, 0) is 50.6 Å². The molecule has 0 aromatic carbocycles. The van der Waals surface area contributed by atoms with Gasteiger partial charge in [0.15, 0.2) is 0 Å². The number of hydrogen-bond acceptors (Lipinski definition) is 3. The lowest BCUT2D eigenvalue weighted by molar-refractivity contribution is -0.123. The number of ether oxygens (including phenoxy) is 1. The number of amides is 1. The van der Waals surface area contributed by atoms with Crippen molar-refractivity contribution >= 4 is 18.3 Å². The molecule has 2 saturated heterocycles. The number of hydrogen-bond donors (Lipinski definition) is 2. The van der Waals surface area contributed by atoms with Crippen molar-refractivity contribution in [2.45, 2.75) is 38.2 Å². The fraction of sp³-hybridized carbons (Fsp3) is 0.923. The van der Waals surface area contributed by atoms with Crippen LogP contribution in [-0.4, -0.2) is 38.3 Å². The summed E-state index contributed by atoms with van der Waals surface area (Å²) in [5.41, 5.74) is 0.353. The smallest absolute Gasteiger partial charge is 0.223 e. The molecule has 1 aliphatic carbocycles. The minimum atomic E-state index is 0. The largest absolute Gasteiger partial charge is 0.376 e. The molecule has 5 heteroatoms. The third-order valence-electron chi connectivity index (χ3n) is 4.63. The van der Waals surface area contributed by atoms with Crippen LogP contribution in [0, 0.1) is 11.3 Å². The molecule has 3 aliphatic rings. The van der Waals surface area contributed by atoms with Crippen LogP contribution in [0.4, 0.5) is 0 Å². The van der Waals surface area contributed by atoms with Gasteiger partial charge in [-0.25, -0.2) is 0 Å². The van der Waals surface area contributed by atoms with Gasteiger partial charge in [0.2, 0.25) is 5.91 Å². The van der Waals surface area contributed by atoms with E-state index in [1.807, 2.05) is 0 Å². The van der Waals surface area contributed by atoms with E-state index in [-0.39, 0.29) is 30.3 Å². The van der Waals surface area contributed by atoms with Gasteiger partial charge in [0, 0.05) is 19.1 Å². The molecule has 3 rings (SSSR count). The molecule has 18 heavy (non-hydrogen) atoms. The van der Waals surface area contributed by atoms with Crippen molar-refractivity contribution in [3.8, 4) is 0 Å². The van der Waals surface area contributed by atoms with Crippen molar-refractivity contribution in [2.75, 3.05) is 26.2 Å². The fourth-order valence-electron chi connectivity index (χ4n) is 3.34. The summed E-state index contributed by atoms with van der Waals surface area (Å²) in [7, 11) is 0. The average molecular weight is 275 g/mol. The molecule has 0 aromatic heterocycles. The summed E-state index contributed by atoms with van der Waals surface area (Å²) in [6.45, 7) is 3.73. The standard InChI is InChI=1S/C13H22N2O2.ClH/c16-12(15-9-10-2-1-7-17-10)11-8-13(11)3-5-14-6-4-13;/h10-11,14H,1-9H2,(H,15,16);1H. The van der Waals surface area contributed by atoms with Gasteiger partial charge in [0.05, 0.1) is 6.10 Å². The van der Waals surface area contributed by atoms with E-state index in [1.54, 1.807) is 0 Å². The molecule has 0 bridgehead atoms. The zero-order chi connectivity index (χ0) is 11.7. The summed E-state index contributed by atoms with van der Waals surface area (Å²) >= 11 is 0. The van der Waals surface area contributed by atoms with Gasteiger partial charge in [-0.2, -0.15) is 0 Å². The van der Waals surface area contributed by atoms with Gasteiger partial charge >= 0.3 is 0 Å². The summed E-state index contributed by atoms with van der Waals surface area (Å²) < 4.78 is 5.52. The second kappa shape index (κ2) is 5.76. The van der Waals surface area contributed by atoms with E-state index in [0.29, 0.717) is 12.0 Å². The highest BCUT2D eigenvalue weighted by Crippen LogP contribution is 2.58. The Hall–Kier alpha value is -0.320. The maximum atomic E-state index is 12.0. The molecule has 3 fully saturated rings. The van der Waals surface area contributed by atoms with Crippen LogP contribution in [0.25, 0.3) is 0 Å². The Balaban J connectivity index is 0.00000120. The van der Waals surface area contributed by atoms with Crippen LogP contribution in [0.3, 0.4) is 0 Å². The van der Waals surface area contributed by atoms with Crippen LogP contribution >= 0.6 is 12.4 Å². The van der Waals surface area contributed by atoms with Crippen LogP contribution in [-0.2, 0) is 9.53 Å². The molecule has 2 unspecified atom stereocenters. The van der Waals surface area contributed by atoms with Gasteiger partial charge in [0.25, 0.3) is 0 Å². The van der Waals surface area contributed by atoms with E-state index < -0.39 is 0 Å². The molecule has 104 valence electrons. The maximum Gasteiger partial charge on any atom is 0.223 e. The molecule has 1 spiro atoms. The summed E-state index contributed by atoms with van der Waals surface area (Å²) in [6.07, 6.45) is 5.95. The molecular weight excluding hydrogens is 252 g/mol. The molecule has 0 radical (unpaired) electrons. The first kappa shape index (κ1) is 14.1. The van der Waals surface area contributed by atoms with E-state index >= 15 is 0 Å². The topological polar surface area (TPSA) is 50.4 Å².